The summed E-state index contributed by atoms with van der Waals surface area (Å²) in [5.41, 5.74) is 2.73. The summed E-state index contributed by atoms with van der Waals surface area (Å²) in [7, 11) is 0. The standard InChI is InChI=1S/C22H17ClN2O2/c23-18-9-13-20(14-10-18)25-22(27)24-19-11-7-17(8-12-19)21(26)15-6-16-4-2-1-3-5-16/h1-15H,(H2,24,25,27)/b15-6+. The fourth-order valence-electron chi connectivity index (χ4n) is 2.38. The van der Waals surface area contributed by atoms with Crippen LogP contribution in [-0.2, 0) is 0 Å². The number of halogens is 1. The highest BCUT2D eigenvalue weighted by Crippen LogP contribution is 2.15. The molecule has 0 saturated carbocycles. The molecule has 0 saturated heterocycles. The number of hydrogen-bond acceptors (Lipinski definition) is 2. The van der Waals surface area contributed by atoms with Crippen LogP contribution in [0, 0.1) is 0 Å². The number of allylic oxidation sites excluding steroid dienone is 1. The number of amides is 2. The molecule has 0 aliphatic carbocycles. The monoisotopic (exact) mass is 376 g/mol. The van der Waals surface area contributed by atoms with E-state index in [2.05, 4.69) is 10.6 Å². The Bertz CT molecular complexity index is 950. The summed E-state index contributed by atoms with van der Waals surface area (Å²) in [4.78, 5) is 24.2. The van der Waals surface area contributed by atoms with E-state index in [1.807, 2.05) is 30.3 Å². The zero-order chi connectivity index (χ0) is 19.1. The fourth-order valence-corrected chi connectivity index (χ4v) is 2.50. The van der Waals surface area contributed by atoms with E-state index in [4.69, 9.17) is 11.6 Å². The Morgan fingerprint density at radius 1 is 0.741 bits per heavy atom. The van der Waals surface area contributed by atoms with Gasteiger partial charge in [-0.3, -0.25) is 4.79 Å². The molecule has 0 aromatic heterocycles. The first-order chi connectivity index (χ1) is 13.1. The van der Waals surface area contributed by atoms with Gasteiger partial charge in [0.1, 0.15) is 0 Å². The van der Waals surface area contributed by atoms with Crippen molar-refractivity contribution in [1.82, 2.24) is 0 Å². The first-order valence-electron chi connectivity index (χ1n) is 8.31. The lowest BCUT2D eigenvalue weighted by Crippen LogP contribution is -2.19. The number of nitrogens with one attached hydrogen (secondary N) is 2. The molecule has 0 aliphatic heterocycles. The molecule has 0 bridgehead atoms. The van der Waals surface area contributed by atoms with Gasteiger partial charge in [0, 0.05) is 22.0 Å². The average Bonchev–Trinajstić information content (AvgIpc) is 2.69. The van der Waals surface area contributed by atoms with Gasteiger partial charge in [-0.2, -0.15) is 0 Å². The van der Waals surface area contributed by atoms with E-state index in [0.717, 1.165) is 5.56 Å². The van der Waals surface area contributed by atoms with Crippen LogP contribution < -0.4 is 10.6 Å². The average molecular weight is 377 g/mol. The largest absolute Gasteiger partial charge is 0.323 e. The molecule has 27 heavy (non-hydrogen) atoms. The fraction of sp³-hybridized carbons (Fsp3) is 0. The normalized spacial score (nSPS) is 10.6. The van der Waals surface area contributed by atoms with Crippen LogP contribution in [0.25, 0.3) is 6.08 Å². The molecule has 0 spiro atoms. The molecule has 0 radical (unpaired) electrons. The predicted molar refractivity (Wildman–Crippen MR) is 110 cm³/mol. The zero-order valence-corrected chi connectivity index (χ0v) is 15.1. The second-order valence-electron chi connectivity index (χ2n) is 5.77. The maximum absolute atomic E-state index is 12.2. The van der Waals surface area contributed by atoms with Crippen LogP contribution in [0.4, 0.5) is 16.2 Å². The van der Waals surface area contributed by atoms with E-state index in [1.165, 1.54) is 6.08 Å². The highest BCUT2D eigenvalue weighted by molar-refractivity contribution is 6.30. The first-order valence-corrected chi connectivity index (χ1v) is 8.69. The summed E-state index contributed by atoms with van der Waals surface area (Å²) in [5, 5.41) is 6.02. The summed E-state index contributed by atoms with van der Waals surface area (Å²) in [6.45, 7) is 0. The van der Waals surface area contributed by atoms with Crippen molar-refractivity contribution in [3.63, 3.8) is 0 Å². The van der Waals surface area contributed by atoms with E-state index in [0.29, 0.717) is 22.0 Å². The van der Waals surface area contributed by atoms with Crippen molar-refractivity contribution in [3.05, 3.63) is 101 Å². The van der Waals surface area contributed by atoms with E-state index in [9.17, 15) is 9.59 Å². The van der Waals surface area contributed by atoms with E-state index in [1.54, 1.807) is 54.6 Å². The van der Waals surface area contributed by atoms with Crippen LogP contribution in [0.15, 0.2) is 84.9 Å². The van der Waals surface area contributed by atoms with Crippen molar-refractivity contribution in [1.29, 1.82) is 0 Å². The van der Waals surface area contributed by atoms with Gasteiger partial charge < -0.3 is 10.6 Å². The van der Waals surface area contributed by atoms with Crippen LogP contribution in [-0.4, -0.2) is 11.8 Å². The Morgan fingerprint density at radius 2 is 1.30 bits per heavy atom. The number of urea groups is 1. The molecule has 134 valence electrons. The SMILES string of the molecule is O=C(Nc1ccc(Cl)cc1)Nc1ccc(C(=O)/C=C/c2ccccc2)cc1. The molecule has 3 rings (SSSR count). The molecule has 3 aromatic carbocycles. The third-order valence-electron chi connectivity index (χ3n) is 3.76. The number of ketones is 1. The lowest BCUT2D eigenvalue weighted by molar-refractivity contribution is 0.104. The lowest BCUT2D eigenvalue weighted by atomic mass is 10.1. The number of benzene rings is 3. The molecule has 0 fully saturated rings. The summed E-state index contributed by atoms with van der Waals surface area (Å²) in [6.07, 6.45) is 3.30. The lowest BCUT2D eigenvalue weighted by Gasteiger charge is -2.08. The van der Waals surface area contributed by atoms with Crippen molar-refractivity contribution >= 4 is 40.9 Å². The van der Waals surface area contributed by atoms with Gasteiger partial charge >= 0.3 is 6.03 Å². The molecular formula is C22H17ClN2O2. The van der Waals surface area contributed by atoms with Gasteiger partial charge in [0.15, 0.2) is 5.78 Å². The van der Waals surface area contributed by atoms with E-state index >= 15 is 0 Å². The van der Waals surface area contributed by atoms with Crippen molar-refractivity contribution in [3.8, 4) is 0 Å². The summed E-state index contributed by atoms with van der Waals surface area (Å²) < 4.78 is 0. The van der Waals surface area contributed by atoms with Crippen LogP contribution >= 0.6 is 11.6 Å². The third kappa shape index (κ3) is 5.56. The summed E-state index contributed by atoms with van der Waals surface area (Å²) >= 11 is 5.81. The van der Waals surface area contributed by atoms with E-state index < -0.39 is 0 Å². The molecule has 0 heterocycles. The number of carbonyl (C=O) groups excluding carboxylic acids is 2. The third-order valence-corrected chi connectivity index (χ3v) is 4.01. The van der Waals surface area contributed by atoms with Crippen molar-refractivity contribution < 1.29 is 9.59 Å². The maximum atomic E-state index is 12.2. The van der Waals surface area contributed by atoms with Gasteiger partial charge in [0.2, 0.25) is 0 Å². The smallest absolute Gasteiger partial charge is 0.308 e. The van der Waals surface area contributed by atoms with Gasteiger partial charge in [-0.1, -0.05) is 48.0 Å². The van der Waals surface area contributed by atoms with Crippen molar-refractivity contribution in [2.45, 2.75) is 0 Å². The first kappa shape index (κ1) is 18.4. The van der Waals surface area contributed by atoms with Crippen LogP contribution in [0.2, 0.25) is 5.02 Å². The molecule has 0 unspecified atom stereocenters. The molecule has 3 aromatic rings. The Balaban J connectivity index is 1.58. The minimum atomic E-state index is -0.375. The minimum absolute atomic E-state index is 0.101. The highest BCUT2D eigenvalue weighted by atomic mass is 35.5. The van der Waals surface area contributed by atoms with Crippen molar-refractivity contribution in [2.75, 3.05) is 10.6 Å². The van der Waals surface area contributed by atoms with E-state index in [-0.39, 0.29) is 11.8 Å². The van der Waals surface area contributed by atoms with Crippen LogP contribution in [0.5, 0.6) is 0 Å². The number of carbonyl (C=O) groups is 2. The second kappa shape index (κ2) is 8.83. The molecule has 5 heteroatoms. The van der Waals surface area contributed by atoms with Gasteiger partial charge in [-0.25, -0.2) is 4.79 Å². The topological polar surface area (TPSA) is 58.2 Å². The molecule has 2 amide bonds. The number of hydrogen-bond donors (Lipinski definition) is 2. The number of rotatable bonds is 5. The Morgan fingerprint density at radius 3 is 1.89 bits per heavy atom. The van der Waals surface area contributed by atoms with Crippen LogP contribution in [0.1, 0.15) is 15.9 Å². The quantitative estimate of drug-likeness (QED) is 0.431. The molecule has 0 atom stereocenters. The van der Waals surface area contributed by atoms with Gasteiger partial charge in [-0.15, -0.1) is 0 Å². The summed E-state index contributed by atoms with van der Waals surface area (Å²) in [6, 6.07) is 22.8. The Hall–Kier alpha value is -3.37. The van der Waals surface area contributed by atoms with Gasteiger partial charge in [-0.05, 0) is 60.2 Å². The van der Waals surface area contributed by atoms with Crippen molar-refractivity contribution in [2.24, 2.45) is 0 Å². The summed E-state index contributed by atoms with van der Waals surface area (Å²) in [5.74, 6) is -0.101. The predicted octanol–water partition coefficient (Wildman–Crippen LogP) is 5.88. The Labute approximate surface area is 162 Å². The number of anilines is 2. The minimum Gasteiger partial charge on any atom is -0.308 e. The highest BCUT2D eigenvalue weighted by Gasteiger charge is 2.05. The molecule has 0 aliphatic rings. The maximum Gasteiger partial charge on any atom is 0.323 e. The molecule has 4 nitrogen and oxygen atoms in total. The van der Waals surface area contributed by atoms with Gasteiger partial charge in [0.25, 0.3) is 0 Å². The molecule has 2 N–H and O–H groups in total. The Kier molecular flexibility index (Phi) is 6.02. The van der Waals surface area contributed by atoms with Crippen LogP contribution in [0.3, 0.4) is 0 Å². The van der Waals surface area contributed by atoms with Gasteiger partial charge in [0.05, 0.1) is 0 Å². The molecular weight excluding hydrogens is 360 g/mol. The zero-order valence-electron chi connectivity index (χ0n) is 14.4. The second-order valence-corrected chi connectivity index (χ2v) is 6.21.